The molecule has 1 rings (SSSR count). The number of guanidine groups is 1. The second-order valence-electron chi connectivity index (χ2n) is 4.89. The van der Waals surface area contributed by atoms with Gasteiger partial charge in [0.1, 0.15) is 0 Å². The van der Waals surface area contributed by atoms with Crippen LogP contribution in [0.15, 0.2) is 4.99 Å². The highest BCUT2D eigenvalue weighted by Gasteiger charge is 2.28. The summed E-state index contributed by atoms with van der Waals surface area (Å²) in [6, 6.07) is -0.119. The van der Waals surface area contributed by atoms with Crippen molar-refractivity contribution in [1.82, 2.24) is 10.6 Å². The topological polar surface area (TPSA) is 96.9 Å². The zero-order valence-corrected chi connectivity index (χ0v) is 13.0. The predicted molar refractivity (Wildman–Crippen MR) is 77.4 cm³/mol. The number of methoxy groups -OCH3 is 1. The third-order valence-electron chi connectivity index (χ3n) is 3.04. The molecule has 7 nitrogen and oxygen atoms in total. The van der Waals surface area contributed by atoms with Gasteiger partial charge in [-0.15, -0.1) is 0 Å². The van der Waals surface area contributed by atoms with Gasteiger partial charge in [0.15, 0.2) is 15.8 Å². The molecule has 0 amide bonds. The van der Waals surface area contributed by atoms with Crippen LogP contribution in [0, 0.1) is 5.92 Å². The highest BCUT2D eigenvalue weighted by molar-refractivity contribution is 7.91. The predicted octanol–water partition coefficient (Wildman–Crippen LogP) is -0.462. The Kier molecular flexibility index (Phi) is 6.25. The fourth-order valence-corrected chi connectivity index (χ4v) is 3.60. The van der Waals surface area contributed by atoms with Crippen LogP contribution in [0.25, 0.3) is 0 Å². The van der Waals surface area contributed by atoms with Crippen LogP contribution in [-0.4, -0.2) is 58.1 Å². The molecule has 8 heteroatoms. The van der Waals surface area contributed by atoms with Crippen LogP contribution in [0.4, 0.5) is 0 Å². The van der Waals surface area contributed by atoms with Gasteiger partial charge in [-0.3, -0.25) is 9.79 Å². The number of nitrogens with one attached hydrogen (secondary N) is 2. The molecule has 0 radical (unpaired) electrons. The molecule has 2 atom stereocenters. The Morgan fingerprint density at radius 3 is 2.70 bits per heavy atom. The van der Waals surface area contributed by atoms with Gasteiger partial charge in [-0.2, -0.15) is 0 Å². The number of esters is 1. The first-order valence-electron chi connectivity index (χ1n) is 6.71. The number of hydrogen-bond acceptors (Lipinski definition) is 5. The van der Waals surface area contributed by atoms with Crippen molar-refractivity contribution in [3.63, 3.8) is 0 Å². The third kappa shape index (κ3) is 5.36. The second kappa shape index (κ2) is 7.47. The van der Waals surface area contributed by atoms with Gasteiger partial charge in [-0.25, -0.2) is 8.42 Å². The maximum Gasteiger partial charge on any atom is 0.310 e. The van der Waals surface area contributed by atoms with Crippen molar-refractivity contribution < 1.29 is 17.9 Å². The highest BCUT2D eigenvalue weighted by atomic mass is 32.2. The molecule has 20 heavy (non-hydrogen) atoms. The van der Waals surface area contributed by atoms with Gasteiger partial charge in [0.25, 0.3) is 0 Å². The molecule has 1 aliphatic rings. The molecular weight excluding hydrogens is 282 g/mol. The number of aliphatic imine (C=N–C) groups is 1. The number of sulfone groups is 1. The molecule has 0 aromatic rings. The van der Waals surface area contributed by atoms with Gasteiger partial charge in [0.2, 0.25) is 0 Å². The lowest BCUT2D eigenvalue weighted by molar-refractivity contribution is -0.144. The van der Waals surface area contributed by atoms with Crippen molar-refractivity contribution in [1.29, 1.82) is 0 Å². The van der Waals surface area contributed by atoms with Crippen molar-refractivity contribution in [2.45, 2.75) is 26.3 Å². The molecule has 0 aromatic carbocycles. The van der Waals surface area contributed by atoms with Gasteiger partial charge in [-0.05, 0) is 13.3 Å². The van der Waals surface area contributed by atoms with E-state index in [1.807, 2.05) is 6.92 Å². The molecule has 116 valence electrons. The van der Waals surface area contributed by atoms with E-state index in [1.54, 1.807) is 6.92 Å². The molecular formula is C12H23N3O4S. The number of hydrogen-bond donors (Lipinski definition) is 2. The van der Waals surface area contributed by atoms with E-state index in [1.165, 1.54) is 7.11 Å². The lowest BCUT2D eigenvalue weighted by atomic mass is 10.2. The number of nitrogens with zero attached hydrogens (tertiary/aromatic N) is 1. The summed E-state index contributed by atoms with van der Waals surface area (Å²) >= 11 is 0. The Bertz CT molecular complexity index is 461. The first-order valence-corrected chi connectivity index (χ1v) is 8.53. The molecule has 0 spiro atoms. The van der Waals surface area contributed by atoms with E-state index in [0.717, 1.165) is 0 Å². The Hall–Kier alpha value is -1.31. The van der Waals surface area contributed by atoms with E-state index in [-0.39, 0.29) is 29.4 Å². The van der Waals surface area contributed by atoms with Crippen LogP contribution in [0.3, 0.4) is 0 Å². The van der Waals surface area contributed by atoms with Gasteiger partial charge in [0, 0.05) is 12.6 Å². The zero-order valence-electron chi connectivity index (χ0n) is 12.2. The Balaban J connectivity index is 2.57. The van der Waals surface area contributed by atoms with Crippen molar-refractivity contribution >= 4 is 21.8 Å². The summed E-state index contributed by atoms with van der Waals surface area (Å²) in [7, 11) is -1.58. The average molecular weight is 305 g/mol. The van der Waals surface area contributed by atoms with Crippen LogP contribution in [0.5, 0.6) is 0 Å². The van der Waals surface area contributed by atoms with Gasteiger partial charge in [-0.1, -0.05) is 6.92 Å². The minimum Gasteiger partial charge on any atom is -0.469 e. The summed E-state index contributed by atoms with van der Waals surface area (Å²) in [5, 5.41) is 6.13. The fraction of sp³-hybridized carbons (Fsp3) is 0.833. The molecule has 0 aliphatic carbocycles. The lowest BCUT2D eigenvalue weighted by Crippen LogP contribution is -2.44. The van der Waals surface area contributed by atoms with E-state index in [4.69, 9.17) is 0 Å². The van der Waals surface area contributed by atoms with Gasteiger partial charge >= 0.3 is 5.97 Å². The largest absolute Gasteiger partial charge is 0.469 e. The maximum atomic E-state index is 11.4. The molecule has 1 aliphatic heterocycles. The highest BCUT2D eigenvalue weighted by Crippen LogP contribution is 2.11. The summed E-state index contributed by atoms with van der Waals surface area (Å²) in [5.74, 6) is 0.230. The molecule has 0 aromatic heterocycles. The fourth-order valence-electron chi connectivity index (χ4n) is 1.93. The molecule has 2 N–H and O–H groups in total. The van der Waals surface area contributed by atoms with E-state index in [9.17, 15) is 13.2 Å². The molecule has 0 bridgehead atoms. The second-order valence-corrected chi connectivity index (χ2v) is 7.12. The van der Waals surface area contributed by atoms with Crippen molar-refractivity contribution in [3.05, 3.63) is 0 Å². The third-order valence-corrected chi connectivity index (χ3v) is 4.81. The summed E-state index contributed by atoms with van der Waals surface area (Å²) in [5.41, 5.74) is 0. The Labute approximate surface area is 120 Å². The van der Waals surface area contributed by atoms with Crippen molar-refractivity contribution in [3.8, 4) is 0 Å². The first-order chi connectivity index (χ1) is 9.38. The molecule has 2 unspecified atom stereocenters. The van der Waals surface area contributed by atoms with Crippen molar-refractivity contribution in [2.24, 2.45) is 10.9 Å². The summed E-state index contributed by atoms with van der Waals surface area (Å²) < 4.78 is 27.5. The standard InChI is InChI=1S/C12H23N3O4S/c1-4-13-12(14-7-9(2)11(16)19-3)15-10-5-6-20(17,18)8-10/h9-10H,4-8H2,1-3H3,(H2,13,14,15). The summed E-state index contributed by atoms with van der Waals surface area (Å²) in [6.45, 7) is 4.62. The number of carbonyl (C=O) groups is 1. The molecule has 1 heterocycles. The zero-order chi connectivity index (χ0) is 15.2. The SMILES string of the molecule is CCNC(=NCC(C)C(=O)OC)NC1CCS(=O)(=O)C1. The van der Waals surface area contributed by atoms with Gasteiger partial charge < -0.3 is 15.4 Å². The maximum absolute atomic E-state index is 11.4. The first kappa shape index (κ1) is 16.7. The number of rotatable bonds is 5. The Morgan fingerprint density at radius 1 is 1.50 bits per heavy atom. The molecule has 1 fully saturated rings. The monoisotopic (exact) mass is 305 g/mol. The molecule has 1 saturated heterocycles. The summed E-state index contributed by atoms with van der Waals surface area (Å²) in [6.07, 6.45) is 0.583. The molecule has 0 saturated carbocycles. The lowest BCUT2D eigenvalue weighted by Gasteiger charge is -2.16. The van der Waals surface area contributed by atoms with Crippen LogP contribution in [-0.2, 0) is 19.4 Å². The van der Waals surface area contributed by atoms with E-state index in [0.29, 0.717) is 25.5 Å². The van der Waals surface area contributed by atoms with E-state index >= 15 is 0 Å². The average Bonchev–Trinajstić information content (AvgIpc) is 2.74. The van der Waals surface area contributed by atoms with Crippen LogP contribution < -0.4 is 10.6 Å². The minimum atomic E-state index is -2.92. The normalized spacial score (nSPS) is 23.1. The van der Waals surface area contributed by atoms with Gasteiger partial charge in [0.05, 0.1) is 31.1 Å². The van der Waals surface area contributed by atoms with E-state index < -0.39 is 9.84 Å². The van der Waals surface area contributed by atoms with Crippen LogP contribution in [0.1, 0.15) is 20.3 Å². The minimum absolute atomic E-state index is 0.119. The summed E-state index contributed by atoms with van der Waals surface area (Å²) in [4.78, 5) is 15.6. The number of carbonyl (C=O) groups excluding carboxylic acids is 1. The van der Waals surface area contributed by atoms with E-state index in [2.05, 4.69) is 20.4 Å². The van der Waals surface area contributed by atoms with Crippen LogP contribution >= 0.6 is 0 Å². The smallest absolute Gasteiger partial charge is 0.310 e. The van der Waals surface area contributed by atoms with Crippen LogP contribution in [0.2, 0.25) is 0 Å². The number of ether oxygens (including phenoxy) is 1. The Morgan fingerprint density at radius 2 is 2.20 bits per heavy atom. The quantitative estimate of drug-likeness (QED) is 0.405. The van der Waals surface area contributed by atoms with Crippen molar-refractivity contribution in [2.75, 3.05) is 31.7 Å².